The van der Waals surface area contributed by atoms with Crippen molar-refractivity contribution in [1.29, 1.82) is 0 Å². The summed E-state index contributed by atoms with van der Waals surface area (Å²) in [7, 11) is 1.37. The van der Waals surface area contributed by atoms with E-state index in [1.54, 1.807) is 12.1 Å². The molecule has 0 aliphatic carbocycles. The van der Waals surface area contributed by atoms with Crippen molar-refractivity contribution in [3.63, 3.8) is 0 Å². The molecule has 142 valence electrons. The van der Waals surface area contributed by atoms with Crippen LogP contribution >= 0.6 is 0 Å². The van der Waals surface area contributed by atoms with Crippen LogP contribution < -0.4 is 4.74 Å². The second kappa shape index (κ2) is 7.32. The quantitative estimate of drug-likeness (QED) is 0.408. The summed E-state index contributed by atoms with van der Waals surface area (Å²) in [5.41, 5.74) is 2.05. The molecule has 0 amide bonds. The van der Waals surface area contributed by atoms with E-state index in [2.05, 4.69) is 0 Å². The van der Waals surface area contributed by atoms with Gasteiger partial charge in [-0.15, -0.1) is 0 Å². The van der Waals surface area contributed by atoms with Crippen molar-refractivity contribution in [2.75, 3.05) is 7.11 Å². The van der Waals surface area contributed by atoms with E-state index in [0.717, 1.165) is 11.1 Å². The van der Waals surface area contributed by atoms with Gasteiger partial charge in [0, 0.05) is 11.6 Å². The van der Waals surface area contributed by atoms with Crippen molar-refractivity contribution in [1.82, 2.24) is 0 Å². The van der Waals surface area contributed by atoms with Gasteiger partial charge < -0.3 is 24.8 Å². The Morgan fingerprint density at radius 1 is 1.19 bits per heavy atom. The topological polar surface area (TPSA) is 99.5 Å². The van der Waals surface area contributed by atoms with Crippen molar-refractivity contribution in [3.05, 3.63) is 58.7 Å². The summed E-state index contributed by atoms with van der Waals surface area (Å²) < 4.78 is 10.7. The van der Waals surface area contributed by atoms with E-state index in [-0.39, 0.29) is 40.5 Å². The molecule has 1 fully saturated rings. The van der Waals surface area contributed by atoms with Crippen molar-refractivity contribution >= 4 is 5.78 Å². The highest BCUT2D eigenvalue weighted by Gasteiger charge is 2.48. The average Bonchev–Trinajstić information content (AvgIpc) is 3.41. The number of methoxy groups -OCH3 is 1. The minimum absolute atomic E-state index is 0.00117. The van der Waals surface area contributed by atoms with Crippen LogP contribution in [0.2, 0.25) is 0 Å². The molecule has 1 aliphatic rings. The van der Waals surface area contributed by atoms with Crippen LogP contribution in [0, 0.1) is 0 Å². The number of rotatable bonds is 6. The summed E-state index contributed by atoms with van der Waals surface area (Å²) in [5.74, 6) is -0.625. The van der Waals surface area contributed by atoms with Crippen molar-refractivity contribution < 1.29 is 29.6 Å². The van der Waals surface area contributed by atoms with Gasteiger partial charge in [0.1, 0.15) is 34.7 Å². The van der Waals surface area contributed by atoms with Crippen LogP contribution in [-0.2, 0) is 11.2 Å². The lowest BCUT2D eigenvalue weighted by molar-refractivity contribution is 0.0947. The number of benzene rings is 2. The lowest BCUT2D eigenvalue weighted by atomic mass is 9.96. The third kappa shape index (κ3) is 3.75. The average molecular weight is 370 g/mol. The fourth-order valence-corrected chi connectivity index (χ4v) is 2.95. The van der Waals surface area contributed by atoms with Crippen molar-refractivity contribution in [2.45, 2.75) is 32.5 Å². The summed E-state index contributed by atoms with van der Waals surface area (Å²) in [5, 5.41) is 30.2. The van der Waals surface area contributed by atoms with E-state index in [9.17, 15) is 20.1 Å². The first-order chi connectivity index (χ1) is 12.8. The monoisotopic (exact) mass is 370 g/mol. The molecule has 6 heteroatoms. The molecule has 2 aromatic carbocycles. The van der Waals surface area contributed by atoms with Crippen molar-refractivity contribution in [3.8, 4) is 23.0 Å². The van der Waals surface area contributed by atoms with Gasteiger partial charge in [-0.05, 0) is 38.0 Å². The van der Waals surface area contributed by atoms with Gasteiger partial charge in [0.15, 0.2) is 6.10 Å². The van der Waals surface area contributed by atoms with E-state index < -0.39 is 18.0 Å². The molecular formula is C21H22O6. The van der Waals surface area contributed by atoms with E-state index >= 15 is 0 Å². The van der Waals surface area contributed by atoms with Gasteiger partial charge in [-0.2, -0.15) is 0 Å². The van der Waals surface area contributed by atoms with E-state index in [1.807, 2.05) is 19.9 Å². The van der Waals surface area contributed by atoms with Crippen molar-refractivity contribution in [2.24, 2.45) is 0 Å². The SMILES string of the molecule is COc1cc(O)c(CC=C(C)C)c(O)c1C(=O)C1OC1c1ccc(O)cc1. The second-order valence-corrected chi connectivity index (χ2v) is 6.72. The van der Waals surface area contributed by atoms with Crippen LogP contribution in [0.5, 0.6) is 23.0 Å². The number of allylic oxidation sites excluding steroid dienone is 2. The van der Waals surface area contributed by atoms with Crippen LogP contribution in [0.4, 0.5) is 0 Å². The number of ether oxygens (including phenoxy) is 2. The van der Waals surface area contributed by atoms with Gasteiger partial charge in [-0.25, -0.2) is 0 Å². The van der Waals surface area contributed by atoms with E-state index in [0.29, 0.717) is 0 Å². The number of epoxide rings is 1. The number of phenols is 3. The Kier molecular flexibility index (Phi) is 5.10. The molecule has 0 radical (unpaired) electrons. The maximum Gasteiger partial charge on any atom is 0.202 e. The van der Waals surface area contributed by atoms with Crippen LogP contribution in [-0.4, -0.2) is 34.3 Å². The van der Waals surface area contributed by atoms with Crippen LogP contribution in [0.1, 0.15) is 41.4 Å². The number of Topliss-reactive ketones (excluding diaryl/α,β-unsaturated/α-hetero) is 1. The smallest absolute Gasteiger partial charge is 0.202 e. The minimum atomic E-state index is -0.754. The fraction of sp³-hybridized carbons (Fsp3) is 0.286. The summed E-state index contributed by atoms with van der Waals surface area (Å²) in [6.45, 7) is 3.81. The highest BCUT2D eigenvalue weighted by Crippen LogP contribution is 2.46. The van der Waals surface area contributed by atoms with Gasteiger partial charge in [0.05, 0.1) is 7.11 Å². The predicted molar refractivity (Wildman–Crippen MR) is 99.5 cm³/mol. The number of phenolic OH excluding ortho intramolecular Hbond substituents is 3. The third-order valence-electron chi connectivity index (χ3n) is 4.50. The second-order valence-electron chi connectivity index (χ2n) is 6.72. The molecule has 2 unspecified atom stereocenters. The molecule has 6 nitrogen and oxygen atoms in total. The molecule has 0 aromatic heterocycles. The Morgan fingerprint density at radius 3 is 2.44 bits per heavy atom. The third-order valence-corrected chi connectivity index (χ3v) is 4.50. The Labute approximate surface area is 157 Å². The molecule has 3 rings (SSSR count). The molecule has 0 saturated carbocycles. The summed E-state index contributed by atoms with van der Waals surface area (Å²) in [6, 6.07) is 7.74. The molecule has 1 aliphatic heterocycles. The lowest BCUT2D eigenvalue weighted by Crippen LogP contribution is -2.11. The summed E-state index contributed by atoms with van der Waals surface area (Å²) >= 11 is 0. The molecule has 2 aromatic rings. The fourth-order valence-electron chi connectivity index (χ4n) is 2.95. The number of carbonyl (C=O) groups excluding carboxylic acids is 1. The molecule has 2 atom stereocenters. The maximum absolute atomic E-state index is 12.9. The Balaban J connectivity index is 1.93. The zero-order valence-electron chi connectivity index (χ0n) is 15.4. The first kappa shape index (κ1) is 18.8. The number of aromatic hydroxyl groups is 3. The van der Waals surface area contributed by atoms with E-state index in [1.165, 1.54) is 25.3 Å². The first-order valence-corrected chi connectivity index (χ1v) is 8.57. The highest BCUT2D eigenvalue weighted by atomic mass is 16.6. The highest BCUT2D eigenvalue weighted by molar-refractivity contribution is 6.06. The van der Waals surface area contributed by atoms with Gasteiger partial charge in [-0.3, -0.25) is 4.79 Å². The molecule has 3 N–H and O–H groups in total. The standard InChI is InChI=1S/C21H22O6/c1-11(2)4-9-14-15(23)10-16(26-3)17(18(14)24)19(25)21-20(27-21)12-5-7-13(22)8-6-12/h4-8,10,20-24H,9H2,1-3H3. The lowest BCUT2D eigenvalue weighted by Gasteiger charge is -2.14. The number of hydrogen-bond acceptors (Lipinski definition) is 6. The zero-order valence-corrected chi connectivity index (χ0v) is 15.4. The van der Waals surface area contributed by atoms with Gasteiger partial charge in [0.25, 0.3) is 0 Å². The molecule has 1 saturated heterocycles. The van der Waals surface area contributed by atoms with Crippen LogP contribution in [0.25, 0.3) is 0 Å². The normalized spacial score (nSPS) is 18.0. The number of ketones is 1. The van der Waals surface area contributed by atoms with Crippen LogP contribution in [0.15, 0.2) is 42.0 Å². The van der Waals surface area contributed by atoms with Gasteiger partial charge >= 0.3 is 0 Å². The number of hydrogen-bond donors (Lipinski definition) is 3. The number of carbonyl (C=O) groups is 1. The Morgan fingerprint density at radius 2 is 1.85 bits per heavy atom. The Bertz CT molecular complexity index is 894. The van der Waals surface area contributed by atoms with Gasteiger partial charge in [-0.1, -0.05) is 23.8 Å². The largest absolute Gasteiger partial charge is 0.508 e. The molecule has 27 heavy (non-hydrogen) atoms. The molecule has 1 heterocycles. The molecule has 0 spiro atoms. The minimum Gasteiger partial charge on any atom is -0.508 e. The van der Waals surface area contributed by atoms with Gasteiger partial charge in [0.2, 0.25) is 5.78 Å². The van der Waals surface area contributed by atoms with Crippen LogP contribution in [0.3, 0.4) is 0 Å². The first-order valence-electron chi connectivity index (χ1n) is 8.57. The summed E-state index contributed by atoms with van der Waals surface area (Å²) in [4.78, 5) is 12.9. The maximum atomic E-state index is 12.9. The zero-order chi connectivity index (χ0) is 19.7. The Hall–Kier alpha value is -2.99. The molecular weight excluding hydrogens is 348 g/mol. The molecule has 0 bridgehead atoms. The summed E-state index contributed by atoms with van der Waals surface area (Å²) in [6.07, 6.45) is 0.937. The predicted octanol–water partition coefficient (Wildman–Crippen LogP) is 3.64. The van der Waals surface area contributed by atoms with E-state index in [4.69, 9.17) is 9.47 Å².